The Morgan fingerprint density at radius 2 is 1.93 bits per heavy atom. The van der Waals surface area contributed by atoms with Crippen molar-refractivity contribution < 1.29 is 18.3 Å². The summed E-state index contributed by atoms with van der Waals surface area (Å²) in [5, 5.41) is 11.9. The van der Waals surface area contributed by atoms with Gasteiger partial charge in [0.2, 0.25) is 0 Å². The lowest BCUT2D eigenvalue weighted by Crippen LogP contribution is -2.34. The molecule has 1 unspecified atom stereocenters. The summed E-state index contributed by atoms with van der Waals surface area (Å²) in [5.74, 6) is 0. The van der Waals surface area contributed by atoms with E-state index in [4.69, 9.17) is 23.2 Å². The highest BCUT2D eigenvalue weighted by molar-refractivity contribution is 6.31. The number of fused-ring (bicyclic) bond motifs is 3. The summed E-state index contributed by atoms with van der Waals surface area (Å²) in [6.07, 6.45) is -4.83. The number of H-pyrrole nitrogens is 1. The average Bonchev–Trinajstić information content (AvgIpc) is 2.98. The standard InChI is InChI=1S/C20H17Cl2F3N2O/c21-12-2-4-17-14(8-12)13-5-6-27(9-18(13)26-17)10-19(28)11-1-3-16(22)15(7-11)20(23,24)25/h1-4,7-8,19,26,28H,5-6,9-10H2. The van der Waals surface area contributed by atoms with Crippen LogP contribution in [0, 0.1) is 0 Å². The molecule has 28 heavy (non-hydrogen) atoms. The topological polar surface area (TPSA) is 39.3 Å². The molecule has 2 aromatic carbocycles. The number of nitrogens with one attached hydrogen (secondary N) is 1. The highest BCUT2D eigenvalue weighted by atomic mass is 35.5. The van der Waals surface area contributed by atoms with Gasteiger partial charge in [-0.3, -0.25) is 4.90 Å². The number of β-amino-alcohol motifs (C(OH)–C–C–N with tert-alkyl or cyclic N) is 1. The Morgan fingerprint density at radius 1 is 1.14 bits per heavy atom. The number of aliphatic hydroxyl groups excluding tert-OH is 1. The molecule has 1 aromatic heterocycles. The quantitative estimate of drug-likeness (QED) is 0.570. The highest BCUT2D eigenvalue weighted by Crippen LogP contribution is 2.36. The van der Waals surface area contributed by atoms with E-state index in [1.165, 1.54) is 17.7 Å². The van der Waals surface area contributed by atoms with Gasteiger partial charge >= 0.3 is 6.18 Å². The maximum Gasteiger partial charge on any atom is 0.417 e. The average molecular weight is 429 g/mol. The smallest absolute Gasteiger partial charge is 0.387 e. The van der Waals surface area contributed by atoms with E-state index in [2.05, 4.69) is 4.98 Å². The van der Waals surface area contributed by atoms with Gasteiger partial charge in [0.05, 0.1) is 16.7 Å². The van der Waals surface area contributed by atoms with E-state index >= 15 is 0 Å². The van der Waals surface area contributed by atoms with Crippen molar-refractivity contribution in [2.45, 2.75) is 25.2 Å². The Bertz CT molecular complexity index is 1030. The molecule has 0 bridgehead atoms. The summed E-state index contributed by atoms with van der Waals surface area (Å²) in [7, 11) is 0. The molecule has 3 aromatic rings. The first-order valence-electron chi connectivity index (χ1n) is 8.78. The molecule has 8 heteroatoms. The molecule has 0 fully saturated rings. The molecule has 0 aliphatic carbocycles. The lowest BCUT2D eigenvalue weighted by atomic mass is 10.0. The van der Waals surface area contributed by atoms with Gasteiger partial charge in [-0.05, 0) is 47.9 Å². The number of alkyl halides is 3. The van der Waals surface area contributed by atoms with E-state index in [1.54, 1.807) is 0 Å². The van der Waals surface area contributed by atoms with Crippen LogP contribution in [0.5, 0.6) is 0 Å². The van der Waals surface area contributed by atoms with E-state index in [-0.39, 0.29) is 17.1 Å². The molecule has 0 radical (unpaired) electrons. The van der Waals surface area contributed by atoms with Gasteiger partial charge in [-0.1, -0.05) is 29.3 Å². The first-order valence-corrected chi connectivity index (χ1v) is 9.54. The van der Waals surface area contributed by atoms with Crippen LogP contribution >= 0.6 is 23.2 Å². The minimum Gasteiger partial charge on any atom is -0.387 e. The van der Waals surface area contributed by atoms with Gasteiger partial charge in [-0.25, -0.2) is 0 Å². The summed E-state index contributed by atoms with van der Waals surface area (Å²) >= 11 is 11.8. The minimum absolute atomic E-state index is 0.200. The number of rotatable bonds is 3. The molecular formula is C20H17Cl2F3N2O. The van der Waals surface area contributed by atoms with Gasteiger partial charge in [0.25, 0.3) is 0 Å². The van der Waals surface area contributed by atoms with Crippen molar-refractivity contribution in [2.75, 3.05) is 13.1 Å². The molecule has 2 N–H and O–H groups in total. The molecule has 0 saturated carbocycles. The van der Waals surface area contributed by atoms with Crippen molar-refractivity contribution in [1.29, 1.82) is 0 Å². The molecular weight excluding hydrogens is 412 g/mol. The number of aromatic nitrogens is 1. The lowest BCUT2D eigenvalue weighted by Gasteiger charge is -2.29. The second-order valence-corrected chi connectivity index (χ2v) is 7.85. The molecule has 0 amide bonds. The number of hydrogen-bond acceptors (Lipinski definition) is 2. The zero-order valence-electron chi connectivity index (χ0n) is 14.7. The highest BCUT2D eigenvalue weighted by Gasteiger charge is 2.34. The second-order valence-electron chi connectivity index (χ2n) is 7.01. The second kappa shape index (κ2) is 7.26. The monoisotopic (exact) mass is 428 g/mol. The molecule has 3 nitrogen and oxygen atoms in total. The van der Waals surface area contributed by atoms with Gasteiger partial charge in [0.1, 0.15) is 0 Å². The first-order chi connectivity index (χ1) is 13.2. The van der Waals surface area contributed by atoms with Crippen molar-refractivity contribution in [2.24, 2.45) is 0 Å². The Kier molecular flexibility index (Phi) is 5.08. The molecule has 1 aliphatic heterocycles. The fraction of sp³-hybridized carbons (Fsp3) is 0.300. The van der Waals surface area contributed by atoms with Crippen LogP contribution in [0.25, 0.3) is 10.9 Å². The number of nitrogens with zero attached hydrogens (tertiary/aromatic N) is 1. The minimum atomic E-state index is -4.56. The van der Waals surface area contributed by atoms with Gasteiger partial charge in [0, 0.05) is 41.3 Å². The first kappa shape index (κ1) is 19.6. The summed E-state index contributed by atoms with van der Waals surface area (Å²) in [6, 6.07) is 9.23. The third kappa shape index (κ3) is 3.74. The zero-order valence-corrected chi connectivity index (χ0v) is 16.2. The van der Waals surface area contributed by atoms with Crippen LogP contribution in [0.3, 0.4) is 0 Å². The Balaban J connectivity index is 1.52. The van der Waals surface area contributed by atoms with E-state index in [9.17, 15) is 18.3 Å². The Morgan fingerprint density at radius 3 is 2.68 bits per heavy atom. The van der Waals surface area contributed by atoms with E-state index in [0.717, 1.165) is 29.1 Å². The molecule has 0 saturated heterocycles. The fourth-order valence-corrected chi connectivity index (χ4v) is 4.14. The van der Waals surface area contributed by atoms with E-state index < -0.39 is 17.8 Å². The number of benzene rings is 2. The van der Waals surface area contributed by atoms with Crippen LogP contribution < -0.4 is 0 Å². The largest absolute Gasteiger partial charge is 0.417 e. The molecule has 1 aliphatic rings. The zero-order chi connectivity index (χ0) is 20.1. The predicted molar refractivity (Wildman–Crippen MR) is 104 cm³/mol. The lowest BCUT2D eigenvalue weighted by molar-refractivity contribution is -0.137. The molecule has 2 heterocycles. The Labute approximate surface area is 169 Å². The van der Waals surface area contributed by atoms with Crippen LogP contribution in [0.4, 0.5) is 13.2 Å². The van der Waals surface area contributed by atoms with Crippen molar-refractivity contribution in [3.8, 4) is 0 Å². The number of halogens is 5. The van der Waals surface area contributed by atoms with Gasteiger partial charge in [0.15, 0.2) is 0 Å². The third-order valence-corrected chi connectivity index (χ3v) is 5.69. The maximum absolute atomic E-state index is 13.1. The maximum atomic E-state index is 13.1. The van der Waals surface area contributed by atoms with Crippen LogP contribution in [0.1, 0.15) is 28.5 Å². The summed E-state index contributed by atoms with van der Waals surface area (Å²) in [6.45, 7) is 1.51. The van der Waals surface area contributed by atoms with Crippen molar-refractivity contribution >= 4 is 34.1 Å². The third-order valence-electron chi connectivity index (χ3n) is 5.13. The van der Waals surface area contributed by atoms with Crippen LogP contribution in [0.2, 0.25) is 10.0 Å². The molecule has 0 spiro atoms. The SMILES string of the molecule is OC(CN1CCc2c([nH]c3ccc(Cl)cc23)C1)c1ccc(Cl)c(C(F)(F)F)c1. The van der Waals surface area contributed by atoms with Gasteiger partial charge < -0.3 is 10.1 Å². The van der Waals surface area contributed by atoms with Crippen molar-refractivity contribution in [3.05, 3.63) is 68.8 Å². The number of aliphatic hydroxyl groups is 1. The summed E-state index contributed by atoms with van der Waals surface area (Å²) in [5.41, 5.74) is 2.52. The normalized spacial score (nSPS) is 16.4. The van der Waals surface area contributed by atoms with Crippen LogP contribution in [-0.2, 0) is 19.1 Å². The fourth-order valence-electron chi connectivity index (χ4n) is 3.74. The number of aromatic amines is 1. The molecule has 148 valence electrons. The Hall–Kier alpha value is -1.73. The number of hydrogen-bond donors (Lipinski definition) is 2. The summed E-state index contributed by atoms with van der Waals surface area (Å²) in [4.78, 5) is 5.39. The van der Waals surface area contributed by atoms with E-state index in [1.807, 2.05) is 23.1 Å². The van der Waals surface area contributed by atoms with Crippen molar-refractivity contribution in [3.63, 3.8) is 0 Å². The van der Waals surface area contributed by atoms with Gasteiger partial charge in [-0.15, -0.1) is 0 Å². The summed E-state index contributed by atoms with van der Waals surface area (Å²) < 4.78 is 39.2. The van der Waals surface area contributed by atoms with E-state index in [0.29, 0.717) is 18.1 Å². The van der Waals surface area contributed by atoms with Crippen molar-refractivity contribution in [1.82, 2.24) is 9.88 Å². The van der Waals surface area contributed by atoms with Gasteiger partial charge in [-0.2, -0.15) is 13.2 Å². The van der Waals surface area contributed by atoms with Crippen LogP contribution in [-0.4, -0.2) is 28.1 Å². The van der Waals surface area contributed by atoms with Crippen LogP contribution in [0.15, 0.2) is 36.4 Å². The molecule has 1 atom stereocenters. The predicted octanol–water partition coefficient (Wildman–Crippen LogP) is 5.59. The molecule has 4 rings (SSSR count).